The third kappa shape index (κ3) is 22.6. The minimum atomic E-state index is -4.39. The minimum Gasteiger partial charge on any atom is -0.494 e. The first kappa shape index (κ1) is 41.2. The lowest BCUT2D eigenvalue weighted by atomic mass is 10.1. The van der Waals surface area contributed by atoms with Crippen LogP contribution in [0.4, 0.5) is 0 Å². The summed E-state index contributed by atoms with van der Waals surface area (Å²) < 4.78 is 45.4. The molecule has 0 amide bonds. The molecule has 0 aliphatic carbocycles. The number of benzene rings is 2. The number of hydrogen-bond donors (Lipinski definition) is 1. The largest absolute Gasteiger partial charge is 0.494 e. The fourth-order valence-electron chi connectivity index (χ4n) is 4.48. The molecule has 270 valence electrons. The maximum atomic E-state index is 12.6. The number of quaternary nitrogens is 1. The van der Waals surface area contributed by atoms with Crippen molar-refractivity contribution >= 4 is 19.8 Å². The van der Waals surface area contributed by atoms with E-state index >= 15 is 0 Å². The van der Waals surface area contributed by atoms with Crippen LogP contribution in [-0.4, -0.2) is 88.1 Å². The third-order valence-electron chi connectivity index (χ3n) is 7.24. The predicted molar refractivity (Wildman–Crippen MR) is 185 cm³/mol. The molecule has 0 aliphatic heterocycles. The Kier molecular flexibility index (Phi) is 20.8. The van der Waals surface area contributed by atoms with Crippen LogP contribution < -0.4 is 9.47 Å². The number of hydrogen-bond acceptors (Lipinski definition) is 9. The lowest BCUT2D eigenvalue weighted by molar-refractivity contribution is -0.870. The van der Waals surface area contributed by atoms with Crippen LogP contribution in [0.5, 0.6) is 11.5 Å². The molecule has 0 fully saturated rings. The van der Waals surface area contributed by atoms with E-state index in [2.05, 4.69) is 0 Å². The molecule has 0 saturated heterocycles. The van der Waals surface area contributed by atoms with E-state index in [1.54, 1.807) is 0 Å². The molecule has 11 nitrogen and oxygen atoms in total. The summed E-state index contributed by atoms with van der Waals surface area (Å²) in [6, 6.07) is 19.4. The molecule has 2 aromatic rings. The van der Waals surface area contributed by atoms with E-state index in [1.165, 1.54) is 0 Å². The Morgan fingerprint density at radius 1 is 0.646 bits per heavy atom. The van der Waals surface area contributed by atoms with E-state index in [4.69, 9.17) is 28.0 Å². The lowest BCUT2D eigenvalue weighted by Crippen LogP contribution is -2.37. The number of carbonyl (C=O) groups excluding carboxylic acids is 2. The zero-order valence-electron chi connectivity index (χ0n) is 29.1. The highest BCUT2D eigenvalue weighted by Gasteiger charge is 2.27. The molecule has 2 atom stereocenters. The summed E-state index contributed by atoms with van der Waals surface area (Å²) in [5, 5.41) is 0. The van der Waals surface area contributed by atoms with E-state index in [0.717, 1.165) is 62.9 Å². The Bertz CT molecular complexity index is 1180. The first-order valence-corrected chi connectivity index (χ1v) is 18.6. The molecule has 48 heavy (non-hydrogen) atoms. The van der Waals surface area contributed by atoms with Gasteiger partial charge in [-0.1, -0.05) is 74.9 Å². The van der Waals surface area contributed by atoms with E-state index in [-0.39, 0.29) is 26.1 Å². The highest BCUT2D eigenvalue weighted by molar-refractivity contribution is 7.47. The first-order chi connectivity index (χ1) is 23.0. The second-order valence-electron chi connectivity index (χ2n) is 12.8. The molecule has 12 heteroatoms. The van der Waals surface area contributed by atoms with Crippen molar-refractivity contribution in [2.24, 2.45) is 0 Å². The summed E-state index contributed by atoms with van der Waals surface area (Å²) in [6.07, 6.45) is 8.16. The SMILES string of the molecule is C[N+](C)(C)CCOP(=O)(O)OC[C@@H](COC(=O)CCCCCCCOc1ccccc1)OC(=O)CCCCCCCOc1ccccc1. The molecule has 2 aromatic carbocycles. The molecular weight excluding hydrogens is 637 g/mol. The maximum Gasteiger partial charge on any atom is 0.472 e. The van der Waals surface area contributed by atoms with Gasteiger partial charge in [-0.3, -0.25) is 18.6 Å². The zero-order chi connectivity index (χ0) is 34.9. The molecule has 0 aromatic heterocycles. The van der Waals surface area contributed by atoms with Crippen LogP contribution in [0.1, 0.15) is 77.0 Å². The van der Waals surface area contributed by atoms with Crippen molar-refractivity contribution in [1.29, 1.82) is 0 Å². The van der Waals surface area contributed by atoms with Crippen molar-refractivity contribution in [1.82, 2.24) is 0 Å². The fraction of sp³-hybridized carbons (Fsp3) is 0.611. The molecule has 0 heterocycles. The van der Waals surface area contributed by atoms with E-state index in [0.29, 0.717) is 37.1 Å². The van der Waals surface area contributed by atoms with Gasteiger partial charge in [0, 0.05) is 12.8 Å². The van der Waals surface area contributed by atoms with Crippen LogP contribution in [0.25, 0.3) is 0 Å². The van der Waals surface area contributed by atoms with Gasteiger partial charge in [-0.2, -0.15) is 0 Å². The van der Waals surface area contributed by atoms with Gasteiger partial charge < -0.3 is 28.3 Å². The predicted octanol–water partition coefficient (Wildman–Crippen LogP) is 7.12. The quantitative estimate of drug-likeness (QED) is 0.0426. The number of likely N-dealkylation sites (N-methyl/N-ethyl adjacent to an activating group) is 1. The lowest BCUT2D eigenvalue weighted by Gasteiger charge is -2.24. The number of carbonyl (C=O) groups is 2. The second-order valence-corrected chi connectivity index (χ2v) is 14.2. The molecule has 0 radical (unpaired) electrons. The van der Waals surface area contributed by atoms with Crippen molar-refractivity contribution in [2.75, 3.05) is 60.7 Å². The summed E-state index contributed by atoms with van der Waals surface area (Å²) >= 11 is 0. The molecule has 2 rings (SSSR count). The van der Waals surface area contributed by atoms with Gasteiger partial charge in [0.1, 0.15) is 31.3 Å². The topological polar surface area (TPSA) is 127 Å². The van der Waals surface area contributed by atoms with Crippen LogP contribution in [0.3, 0.4) is 0 Å². The number of para-hydroxylation sites is 2. The molecule has 1 unspecified atom stereocenters. The Hall–Kier alpha value is -2.95. The average molecular weight is 695 g/mol. The fourth-order valence-corrected chi connectivity index (χ4v) is 5.22. The zero-order valence-corrected chi connectivity index (χ0v) is 30.0. The summed E-state index contributed by atoms with van der Waals surface area (Å²) in [6.45, 7) is 1.08. The Morgan fingerprint density at radius 3 is 1.65 bits per heavy atom. The standard InChI is InChI=1S/C36H56NO10P/c1-37(2,3)26-29-45-48(40,41)46-31-34(47-36(39)25-17-7-5-9-19-28-43-33-22-14-11-15-23-33)30-44-35(38)24-16-6-4-8-18-27-42-32-20-12-10-13-21-32/h10-15,20-23,34H,4-9,16-19,24-31H2,1-3H3/p+1/t34-/m1/s1. The van der Waals surface area contributed by atoms with E-state index in [1.807, 2.05) is 81.8 Å². The highest BCUT2D eigenvalue weighted by Crippen LogP contribution is 2.43. The van der Waals surface area contributed by atoms with Gasteiger partial charge in [0.15, 0.2) is 6.10 Å². The summed E-state index contributed by atoms with van der Waals surface area (Å²) in [7, 11) is 1.39. The number of unbranched alkanes of at least 4 members (excludes halogenated alkanes) is 8. The second kappa shape index (κ2) is 24.2. The number of esters is 2. The normalized spacial score (nSPS) is 13.3. The summed E-state index contributed by atoms with van der Waals surface area (Å²) in [5.41, 5.74) is 0. The van der Waals surface area contributed by atoms with E-state index < -0.39 is 32.5 Å². The molecule has 1 N–H and O–H groups in total. The van der Waals surface area contributed by atoms with Crippen molar-refractivity contribution in [3.63, 3.8) is 0 Å². The summed E-state index contributed by atoms with van der Waals surface area (Å²) in [5.74, 6) is 0.808. The average Bonchev–Trinajstić information content (AvgIpc) is 3.05. The Labute approximate surface area is 287 Å². The van der Waals surface area contributed by atoms with Crippen LogP contribution in [0.15, 0.2) is 60.7 Å². The first-order valence-electron chi connectivity index (χ1n) is 17.2. The number of phosphoric acid groups is 1. The van der Waals surface area contributed by atoms with Gasteiger partial charge >= 0.3 is 19.8 Å². The third-order valence-corrected chi connectivity index (χ3v) is 8.23. The van der Waals surface area contributed by atoms with Crippen LogP contribution >= 0.6 is 7.82 Å². The van der Waals surface area contributed by atoms with Crippen molar-refractivity contribution in [3.8, 4) is 11.5 Å². The Balaban J connectivity index is 1.66. The van der Waals surface area contributed by atoms with Gasteiger partial charge in [0.05, 0.1) is 41.0 Å². The van der Waals surface area contributed by atoms with E-state index in [9.17, 15) is 19.0 Å². The van der Waals surface area contributed by atoms with Gasteiger partial charge in [-0.25, -0.2) is 4.57 Å². The molecule has 0 spiro atoms. The van der Waals surface area contributed by atoms with Crippen molar-refractivity contribution in [2.45, 2.75) is 83.2 Å². The Morgan fingerprint density at radius 2 is 1.12 bits per heavy atom. The van der Waals surface area contributed by atoms with Crippen molar-refractivity contribution in [3.05, 3.63) is 60.7 Å². The molecule has 0 bridgehead atoms. The van der Waals surface area contributed by atoms with Gasteiger partial charge in [-0.05, 0) is 49.9 Å². The molecular formula is C36H57NO10P+. The number of phosphoric ester groups is 1. The van der Waals surface area contributed by atoms with Crippen LogP contribution in [-0.2, 0) is 32.7 Å². The van der Waals surface area contributed by atoms with Crippen molar-refractivity contribution < 1.29 is 51.5 Å². The maximum absolute atomic E-state index is 12.6. The van der Waals surface area contributed by atoms with Crippen LogP contribution in [0.2, 0.25) is 0 Å². The van der Waals surface area contributed by atoms with Gasteiger partial charge in [-0.15, -0.1) is 0 Å². The van der Waals surface area contributed by atoms with Gasteiger partial charge in [0.25, 0.3) is 0 Å². The number of rotatable bonds is 28. The van der Waals surface area contributed by atoms with Crippen LogP contribution in [0, 0.1) is 0 Å². The smallest absolute Gasteiger partial charge is 0.472 e. The number of nitrogens with zero attached hydrogens (tertiary/aromatic N) is 1. The monoisotopic (exact) mass is 694 g/mol. The minimum absolute atomic E-state index is 0.00908. The highest BCUT2D eigenvalue weighted by atomic mass is 31.2. The molecule has 0 saturated carbocycles. The summed E-state index contributed by atoms with van der Waals surface area (Å²) in [4.78, 5) is 35.1. The van der Waals surface area contributed by atoms with Gasteiger partial charge in [0.2, 0.25) is 0 Å². The number of ether oxygens (including phenoxy) is 4. The molecule has 0 aliphatic rings.